The van der Waals surface area contributed by atoms with Crippen LogP contribution in [0.5, 0.6) is 0 Å². The third-order valence-electron chi connectivity index (χ3n) is 10.5. The molecule has 0 aliphatic heterocycles. The number of nitrogens with one attached hydrogen (secondary N) is 4. The number of hydrogen-bond acceptors (Lipinski definition) is 17. The summed E-state index contributed by atoms with van der Waals surface area (Å²) >= 11 is 4.30. The molecule has 0 spiro atoms. The van der Waals surface area contributed by atoms with Crippen LogP contribution >= 0.6 is 45.2 Å². The van der Waals surface area contributed by atoms with Crippen LogP contribution in [0.15, 0.2) is 115 Å². The van der Waals surface area contributed by atoms with E-state index in [1.54, 1.807) is 54.6 Å². The van der Waals surface area contributed by atoms with Crippen LogP contribution in [0, 0.1) is 39.0 Å². The monoisotopic (exact) mass is 1200 g/mol. The number of aromatic nitrogens is 8. The number of halogens is 2. The number of rotatable bonds is 11. The Hall–Kier alpha value is -7.73. The topological polar surface area (TPSA) is 296 Å². The third kappa shape index (κ3) is 15.4. The molecule has 10 rings (SSSR count). The molecule has 2 aliphatic carbocycles. The van der Waals surface area contributed by atoms with Gasteiger partial charge < -0.3 is 17.7 Å². The van der Waals surface area contributed by atoms with Crippen LogP contribution in [-0.2, 0) is 0 Å². The van der Waals surface area contributed by atoms with Crippen molar-refractivity contribution in [3.8, 4) is 6.07 Å². The maximum absolute atomic E-state index is 11.9. The van der Waals surface area contributed by atoms with Gasteiger partial charge in [-0.25, -0.2) is 0 Å². The average molecular weight is 1200 g/mol. The highest BCUT2D eigenvalue weighted by molar-refractivity contribution is 14.2. The molecule has 23 heteroatoms. The van der Waals surface area contributed by atoms with E-state index < -0.39 is 0 Å². The Morgan fingerprint density at radius 3 is 1.08 bits per heavy atom. The number of hydrogen-bond donors (Lipinski definition) is 4. The van der Waals surface area contributed by atoms with Gasteiger partial charge in [-0.15, -0.1) is 15.3 Å². The van der Waals surface area contributed by atoms with Crippen LogP contribution in [0.4, 0.5) is 24.1 Å². The predicted octanol–water partition coefficient (Wildman–Crippen LogP) is 10.4. The highest BCUT2D eigenvalue weighted by Gasteiger charge is 2.30. The Labute approximate surface area is 439 Å². The van der Waals surface area contributed by atoms with Crippen molar-refractivity contribution in [3.63, 3.8) is 0 Å². The summed E-state index contributed by atoms with van der Waals surface area (Å²) in [4.78, 5) is 47.4. The molecule has 0 radical (unpaired) electrons. The van der Waals surface area contributed by atoms with E-state index in [0.717, 1.165) is 47.9 Å². The van der Waals surface area contributed by atoms with Crippen LogP contribution in [0.25, 0.3) is 0 Å². The number of carbonyl (C=O) groups is 4. The van der Waals surface area contributed by atoms with Gasteiger partial charge in [0.25, 0.3) is 23.6 Å². The second-order valence-corrected chi connectivity index (χ2v) is 21.2. The third-order valence-corrected chi connectivity index (χ3v) is 11.6. The van der Waals surface area contributed by atoms with Crippen molar-refractivity contribution in [2.45, 2.75) is 73.6 Å². The number of aryl methyl sites for hydroxylation is 4. The summed E-state index contributed by atoms with van der Waals surface area (Å²) in [6, 6.07) is 31.0. The summed E-state index contributed by atoms with van der Waals surface area (Å²) in [6.07, 6.45) is 5.57. The first-order valence-corrected chi connectivity index (χ1v) is 24.7. The number of benzene rings is 4. The smallest absolute Gasteiger partial charge is 0.323 e. The molecule has 0 saturated heterocycles. The van der Waals surface area contributed by atoms with E-state index in [1.807, 2.05) is 76.2 Å². The van der Waals surface area contributed by atoms with Gasteiger partial charge >= 0.3 is 29.9 Å². The number of anilines is 4. The Kier molecular flexibility index (Phi) is 18.0. The highest BCUT2D eigenvalue weighted by atomic mass is 127. The van der Waals surface area contributed by atoms with Crippen LogP contribution in [0.3, 0.4) is 0 Å². The summed E-state index contributed by atoms with van der Waals surface area (Å²) in [5, 5.41) is 48.7. The largest absolute Gasteiger partial charge is 0.408 e. The number of nitrogens with zero attached hydrogens (tertiary/aromatic N) is 9. The summed E-state index contributed by atoms with van der Waals surface area (Å²) in [5.74, 6) is 1.21. The van der Waals surface area contributed by atoms with E-state index in [4.69, 9.17) is 22.9 Å². The van der Waals surface area contributed by atoms with Crippen molar-refractivity contribution < 1.29 is 36.8 Å². The molecular formula is C49H45I2N13O8. The van der Waals surface area contributed by atoms with Gasteiger partial charge in [0, 0.05) is 34.1 Å². The Bertz CT molecular complexity index is 3040. The molecule has 4 heterocycles. The van der Waals surface area contributed by atoms with Crippen molar-refractivity contribution in [3.05, 3.63) is 165 Å². The van der Waals surface area contributed by atoms with Crippen molar-refractivity contribution in [1.29, 1.82) is 5.26 Å². The van der Waals surface area contributed by atoms with Crippen molar-refractivity contribution in [2.75, 3.05) is 21.3 Å². The van der Waals surface area contributed by atoms with Gasteiger partial charge in [0.15, 0.2) is 6.07 Å². The fourth-order valence-electron chi connectivity index (χ4n) is 6.07. The first-order valence-electron chi connectivity index (χ1n) is 22.2. The lowest BCUT2D eigenvalue weighted by molar-refractivity contribution is 0.101. The number of alkyl halides is 2. The minimum Gasteiger partial charge on any atom is -0.408 e. The fourth-order valence-corrected chi connectivity index (χ4v) is 6.58. The molecule has 368 valence electrons. The Morgan fingerprint density at radius 1 is 0.472 bits per heavy atom. The molecule has 4 aromatic heterocycles. The van der Waals surface area contributed by atoms with E-state index in [0.29, 0.717) is 51.8 Å². The predicted molar refractivity (Wildman–Crippen MR) is 278 cm³/mol. The minimum atomic E-state index is -0.363. The second-order valence-electron chi connectivity index (χ2n) is 16.3. The van der Waals surface area contributed by atoms with E-state index in [-0.39, 0.29) is 55.5 Å². The van der Waals surface area contributed by atoms with E-state index in [9.17, 15) is 19.2 Å². The van der Waals surface area contributed by atoms with Crippen molar-refractivity contribution in [1.82, 2.24) is 40.8 Å². The van der Waals surface area contributed by atoms with Gasteiger partial charge in [0.2, 0.25) is 17.7 Å². The zero-order chi connectivity index (χ0) is 51.1. The zero-order valence-corrected chi connectivity index (χ0v) is 43.4. The molecule has 2 aliphatic rings. The van der Waals surface area contributed by atoms with Gasteiger partial charge in [-0.1, -0.05) is 148 Å². The lowest BCUT2D eigenvalue weighted by atomic mass is 9.85. The maximum Gasteiger partial charge on any atom is 0.323 e. The lowest BCUT2D eigenvalue weighted by Crippen LogP contribution is -2.12. The molecular weight excluding hydrogens is 1150 g/mol. The van der Waals surface area contributed by atoms with E-state index in [1.165, 1.54) is 6.42 Å². The van der Waals surface area contributed by atoms with Crippen molar-refractivity contribution in [2.24, 2.45) is 0 Å². The molecule has 4 N–H and O–H groups in total. The molecule has 8 aromatic rings. The number of amides is 4. The van der Waals surface area contributed by atoms with E-state index >= 15 is 0 Å². The number of nitriles is 1. The van der Waals surface area contributed by atoms with Crippen molar-refractivity contribution >= 4 is 92.9 Å². The molecule has 4 amide bonds. The summed E-state index contributed by atoms with van der Waals surface area (Å²) in [5.41, 5.74) is 6.58. The quantitative estimate of drug-likeness (QED) is 0.0691. The molecule has 0 bridgehead atoms. The highest BCUT2D eigenvalue weighted by Crippen LogP contribution is 2.39. The molecule has 4 aromatic carbocycles. The normalized spacial score (nSPS) is 12.5. The van der Waals surface area contributed by atoms with Crippen LogP contribution in [0.1, 0.15) is 133 Å². The van der Waals surface area contributed by atoms with Crippen LogP contribution in [-0.4, -0.2) is 64.4 Å². The first-order chi connectivity index (χ1) is 34.7. The number of carbonyl (C=O) groups excluding carboxylic acids is 4. The molecule has 2 fully saturated rings. The first kappa shape index (κ1) is 52.1. The Morgan fingerprint density at radius 2 is 0.792 bits per heavy atom. The molecule has 21 nitrogen and oxygen atoms in total. The standard InChI is InChI=1S/C14H15N3O2.C13H13N3O2.C11H9I2N3O2.C11H8N4O2/c1-9-5-7-10(8-6-9)12(18)15-14-17-16-13(19-14)11-3-2-4-11;1-8-2-4-9(5-3-8)11(17)14-13-16-15-12(18-13)10-6-7-10;1-6-2-4-7(5-3-6)9(17)14-11-16-15-10(18-11)8(12)13;1-7-2-4-8(5-3-7)10(16)13-11-15-14-9(6-12)17-11/h5-8,11H,2-4H2,1H3,(H,15,17,18);2-5,10H,6-7H2,1H3,(H,14,16,17);2-5,8H,1H3,(H,14,16,17);2-5H,1H3,(H,13,15,16). The summed E-state index contributed by atoms with van der Waals surface area (Å²) in [7, 11) is 0. The van der Waals surface area contributed by atoms with Crippen LogP contribution < -0.4 is 21.3 Å². The Balaban J connectivity index is 0.000000141. The lowest BCUT2D eigenvalue weighted by Gasteiger charge is -2.20. The van der Waals surface area contributed by atoms with Gasteiger partial charge in [0.05, 0.1) is 0 Å². The average Bonchev–Trinajstić information content (AvgIpc) is 3.71. The summed E-state index contributed by atoms with van der Waals surface area (Å²) in [6.45, 7) is 7.85. The SMILES string of the molecule is Cc1ccc(C(=O)Nc2nnc(C#N)o2)cc1.Cc1ccc(C(=O)Nc2nnc(C(I)I)o2)cc1.Cc1ccc(C(=O)Nc2nnc(C3CC3)o2)cc1.Cc1ccc(C(=O)Nc2nnc(C3CCC3)o2)cc1. The zero-order valence-electron chi connectivity index (χ0n) is 39.1. The molecule has 2 saturated carbocycles. The molecule has 0 atom stereocenters. The van der Waals surface area contributed by atoms with Crippen LogP contribution in [0.2, 0.25) is 0 Å². The van der Waals surface area contributed by atoms with Gasteiger partial charge in [0.1, 0.15) is 1.93 Å². The van der Waals surface area contributed by atoms with Gasteiger partial charge in [-0.05, 0) is 102 Å². The minimum absolute atomic E-state index is 0.0812. The fraction of sp³-hybridized carbons (Fsp3) is 0.245. The maximum atomic E-state index is 11.9. The van der Waals surface area contributed by atoms with Gasteiger partial charge in [-0.3, -0.25) is 40.4 Å². The molecule has 0 unspecified atom stereocenters. The van der Waals surface area contributed by atoms with E-state index in [2.05, 4.69) is 107 Å². The second kappa shape index (κ2) is 24.9. The summed E-state index contributed by atoms with van der Waals surface area (Å²) < 4.78 is 21.0. The molecule has 72 heavy (non-hydrogen) atoms. The van der Waals surface area contributed by atoms with Gasteiger partial charge in [-0.2, -0.15) is 5.26 Å².